The predicted molar refractivity (Wildman–Crippen MR) is 66.9 cm³/mol. The Morgan fingerprint density at radius 2 is 1.35 bits per heavy atom. The highest BCUT2D eigenvalue weighted by atomic mass is 19.4. The summed E-state index contributed by atoms with van der Waals surface area (Å²) in [4.78, 5) is 0. The second kappa shape index (κ2) is 5.25. The maximum Gasteiger partial charge on any atom is 0.416 e. The van der Waals surface area contributed by atoms with Crippen molar-refractivity contribution in [3.8, 4) is 0 Å². The quantitative estimate of drug-likeness (QED) is 0.847. The molecule has 0 aliphatic rings. The van der Waals surface area contributed by atoms with Gasteiger partial charge in [0.15, 0.2) is 0 Å². The number of aliphatic hydroxyl groups is 1. The van der Waals surface area contributed by atoms with E-state index in [4.69, 9.17) is 0 Å². The molecule has 0 spiro atoms. The van der Waals surface area contributed by atoms with Crippen LogP contribution in [-0.2, 0) is 11.8 Å². The molecule has 1 unspecified atom stereocenters. The Balaban J connectivity index is 2.53. The lowest BCUT2D eigenvalue weighted by atomic mass is 9.86. The molecule has 1 nitrogen and oxygen atoms in total. The summed E-state index contributed by atoms with van der Waals surface area (Å²) in [6.45, 7) is -1.21. The molecule has 0 aliphatic heterocycles. The van der Waals surface area contributed by atoms with Gasteiger partial charge in [-0.05, 0) is 23.3 Å². The standard InChI is InChI=1S/C15H12F4O/c16-10-14(20,11-5-2-1-3-6-11)12-7-4-8-13(9-12)15(17,18)19/h1-9,20H,10H2. The molecule has 20 heavy (non-hydrogen) atoms. The Morgan fingerprint density at radius 3 is 1.90 bits per heavy atom. The highest BCUT2D eigenvalue weighted by Crippen LogP contribution is 2.35. The molecule has 2 rings (SSSR count). The monoisotopic (exact) mass is 284 g/mol. The molecule has 0 bridgehead atoms. The molecule has 0 heterocycles. The van der Waals surface area contributed by atoms with E-state index in [1.165, 1.54) is 18.2 Å². The highest BCUT2D eigenvalue weighted by molar-refractivity contribution is 5.38. The zero-order valence-electron chi connectivity index (χ0n) is 10.4. The van der Waals surface area contributed by atoms with Gasteiger partial charge in [0, 0.05) is 0 Å². The lowest BCUT2D eigenvalue weighted by molar-refractivity contribution is -0.137. The molecule has 0 aliphatic carbocycles. The third-order valence-corrected chi connectivity index (χ3v) is 3.11. The molecule has 2 aromatic carbocycles. The highest BCUT2D eigenvalue weighted by Gasteiger charge is 2.35. The molecule has 2 aromatic rings. The van der Waals surface area contributed by atoms with Crippen LogP contribution in [0.25, 0.3) is 0 Å². The molecular weight excluding hydrogens is 272 g/mol. The van der Waals surface area contributed by atoms with E-state index < -0.39 is 24.0 Å². The van der Waals surface area contributed by atoms with Crippen LogP contribution in [-0.4, -0.2) is 11.8 Å². The van der Waals surface area contributed by atoms with Gasteiger partial charge >= 0.3 is 6.18 Å². The predicted octanol–water partition coefficient (Wildman–Crippen LogP) is 3.91. The van der Waals surface area contributed by atoms with Crippen molar-refractivity contribution in [1.29, 1.82) is 0 Å². The first-order valence-corrected chi connectivity index (χ1v) is 5.89. The number of hydrogen-bond acceptors (Lipinski definition) is 1. The number of benzene rings is 2. The molecule has 0 saturated heterocycles. The average molecular weight is 284 g/mol. The molecule has 0 saturated carbocycles. The van der Waals surface area contributed by atoms with Crippen LogP contribution in [0.3, 0.4) is 0 Å². The summed E-state index contributed by atoms with van der Waals surface area (Å²) in [6.07, 6.45) is -4.54. The molecule has 0 radical (unpaired) electrons. The topological polar surface area (TPSA) is 20.2 Å². The van der Waals surface area contributed by atoms with E-state index in [2.05, 4.69) is 0 Å². The van der Waals surface area contributed by atoms with Gasteiger partial charge in [0.25, 0.3) is 0 Å². The second-order valence-corrected chi connectivity index (χ2v) is 4.44. The first-order chi connectivity index (χ1) is 9.38. The van der Waals surface area contributed by atoms with E-state index in [-0.39, 0.29) is 11.1 Å². The SMILES string of the molecule is OC(CF)(c1ccccc1)c1cccc(C(F)(F)F)c1. The largest absolute Gasteiger partial charge is 0.416 e. The number of rotatable bonds is 3. The normalized spacial score (nSPS) is 14.8. The molecule has 0 aromatic heterocycles. The summed E-state index contributed by atoms with van der Waals surface area (Å²) in [6, 6.07) is 11.9. The van der Waals surface area contributed by atoms with Crippen LogP contribution in [0.15, 0.2) is 54.6 Å². The Morgan fingerprint density at radius 1 is 0.800 bits per heavy atom. The van der Waals surface area contributed by atoms with E-state index in [0.717, 1.165) is 18.2 Å². The van der Waals surface area contributed by atoms with Crippen molar-refractivity contribution in [2.45, 2.75) is 11.8 Å². The zero-order valence-corrected chi connectivity index (χ0v) is 10.4. The molecule has 1 atom stereocenters. The minimum Gasteiger partial charge on any atom is -0.378 e. The summed E-state index contributed by atoms with van der Waals surface area (Å²) in [5.74, 6) is 0. The fourth-order valence-electron chi connectivity index (χ4n) is 1.99. The minimum absolute atomic E-state index is 0.124. The van der Waals surface area contributed by atoms with Crippen LogP contribution >= 0.6 is 0 Å². The second-order valence-electron chi connectivity index (χ2n) is 4.44. The van der Waals surface area contributed by atoms with Crippen molar-refractivity contribution < 1.29 is 22.7 Å². The van der Waals surface area contributed by atoms with Gasteiger partial charge < -0.3 is 5.11 Å². The first kappa shape index (κ1) is 14.5. The van der Waals surface area contributed by atoms with Gasteiger partial charge in [-0.1, -0.05) is 42.5 Å². The van der Waals surface area contributed by atoms with Crippen LogP contribution < -0.4 is 0 Å². The maximum atomic E-state index is 13.3. The molecule has 0 fully saturated rings. The van der Waals surface area contributed by atoms with Crippen LogP contribution in [0.5, 0.6) is 0 Å². The van der Waals surface area contributed by atoms with E-state index in [1.807, 2.05) is 0 Å². The van der Waals surface area contributed by atoms with Gasteiger partial charge in [0.1, 0.15) is 12.3 Å². The van der Waals surface area contributed by atoms with Gasteiger partial charge in [-0.3, -0.25) is 0 Å². The third-order valence-electron chi connectivity index (χ3n) is 3.11. The third kappa shape index (κ3) is 2.67. The fraction of sp³-hybridized carbons (Fsp3) is 0.200. The van der Waals surface area contributed by atoms with Crippen molar-refractivity contribution in [2.75, 3.05) is 6.67 Å². The summed E-state index contributed by atoms with van der Waals surface area (Å²) in [5, 5.41) is 10.4. The van der Waals surface area contributed by atoms with Gasteiger partial charge in [-0.25, -0.2) is 4.39 Å². The van der Waals surface area contributed by atoms with E-state index in [0.29, 0.717) is 0 Å². The Labute approximate surface area is 113 Å². The summed E-state index contributed by atoms with van der Waals surface area (Å²) in [7, 11) is 0. The van der Waals surface area contributed by atoms with Crippen LogP contribution in [0.2, 0.25) is 0 Å². The summed E-state index contributed by atoms with van der Waals surface area (Å²) in [5.41, 5.74) is -2.91. The molecule has 5 heteroatoms. The number of alkyl halides is 4. The van der Waals surface area contributed by atoms with Crippen molar-refractivity contribution in [1.82, 2.24) is 0 Å². The van der Waals surface area contributed by atoms with Crippen LogP contribution in [0, 0.1) is 0 Å². The first-order valence-electron chi connectivity index (χ1n) is 5.89. The fourth-order valence-corrected chi connectivity index (χ4v) is 1.99. The lowest BCUT2D eigenvalue weighted by Crippen LogP contribution is -2.30. The maximum absolute atomic E-state index is 13.3. The van der Waals surface area contributed by atoms with Gasteiger partial charge in [0.2, 0.25) is 0 Å². The minimum atomic E-state index is -4.54. The van der Waals surface area contributed by atoms with Gasteiger partial charge in [0.05, 0.1) is 5.56 Å². The van der Waals surface area contributed by atoms with E-state index in [9.17, 15) is 22.7 Å². The average Bonchev–Trinajstić information content (AvgIpc) is 2.46. The molecule has 1 N–H and O–H groups in total. The smallest absolute Gasteiger partial charge is 0.378 e. The molecule has 106 valence electrons. The van der Waals surface area contributed by atoms with Crippen molar-refractivity contribution in [3.63, 3.8) is 0 Å². The number of halogens is 4. The van der Waals surface area contributed by atoms with Crippen LogP contribution in [0.1, 0.15) is 16.7 Å². The number of hydrogen-bond donors (Lipinski definition) is 1. The lowest BCUT2D eigenvalue weighted by Gasteiger charge is -2.26. The summed E-state index contributed by atoms with van der Waals surface area (Å²) < 4.78 is 51.4. The van der Waals surface area contributed by atoms with Gasteiger partial charge in [-0.15, -0.1) is 0 Å². The summed E-state index contributed by atoms with van der Waals surface area (Å²) >= 11 is 0. The Hall–Kier alpha value is -1.88. The molecular formula is C15H12F4O. The Kier molecular flexibility index (Phi) is 3.81. The van der Waals surface area contributed by atoms with E-state index >= 15 is 0 Å². The van der Waals surface area contributed by atoms with Gasteiger partial charge in [-0.2, -0.15) is 13.2 Å². The Bertz CT molecular complexity index is 580. The van der Waals surface area contributed by atoms with Crippen LogP contribution in [0.4, 0.5) is 17.6 Å². The van der Waals surface area contributed by atoms with Crippen molar-refractivity contribution >= 4 is 0 Å². The molecule has 0 amide bonds. The zero-order chi connectivity index (χ0) is 14.8. The van der Waals surface area contributed by atoms with E-state index in [1.54, 1.807) is 18.2 Å². The van der Waals surface area contributed by atoms with Crippen molar-refractivity contribution in [2.24, 2.45) is 0 Å². The van der Waals surface area contributed by atoms with Crippen molar-refractivity contribution in [3.05, 3.63) is 71.3 Å².